The Morgan fingerprint density at radius 1 is 1.25 bits per heavy atom. The van der Waals surface area contributed by atoms with E-state index in [4.69, 9.17) is 16.3 Å². The predicted octanol–water partition coefficient (Wildman–Crippen LogP) is 3.60. The molecule has 0 bridgehead atoms. The number of benzene rings is 1. The molecule has 0 spiro atoms. The maximum atomic E-state index is 11.7. The SMILES string of the molecule is CCCCOCCCNC(=O)CCc1ccccc1Cl. The van der Waals surface area contributed by atoms with Crippen LogP contribution in [0.2, 0.25) is 5.02 Å². The molecule has 1 aromatic carbocycles. The fraction of sp³-hybridized carbons (Fsp3) is 0.562. The van der Waals surface area contributed by atoms with Crippen LogP contribution < -0.4 is 5.32 Å². The van der Waals surface area contributed by atoms with E-state index in [9.17, 15) is 4.79 Å². The van der Waals surface area contributed by atoms with Crippen LogP contribution in [-0.4, -0.2) is 25.7 Å². The van der Waals surface area contributed by atoms with Crippen molar-refractivity contribution < 1.29 is 9.53 Å². The highest BCUT2D eigenvalue weighted by molar-refractivity contribution is 6.31. The van der Waals surface area contributed by atoms with Gasteiger partial charge in [-0.15, -0.1) is 0 Å². The van der Waals surface area contributed by atoms with Gasteiger partial charge < -0.3 is 10.1 Å². The number of aryl methyl sites for hydroxylation is 1. The summed E-state index contributed by atoms with van der Waals surface area (Å²) in [7, 11) is 0. The largest absolute Gasteiger partial charge is 0.381 e. The van der Waals surface area contributed by atoms with Gasteiger partial charge in [-0.05, 0) is 30.9 Å². The molecule has 20 heavy (non-hydrogen) atoms. The first-order valence-corrected chi connectivity index (χ1v) is 7.69. The molecule has 1 aromatic rings. The molecule has 1 N–H and O–H groups in total. The van der Waals surface area contributed by atoms with E-state index in [1.54, 1.807) is 0 Å². The van der Waals surface area contributed by atoms with Crippen molar-refractivity contribution in [2.75, 3.05) is 19.8 Å². The number of nitrogens with one attached hydrogen (secondary N) is 1. The van der Waals surface area contributed by atoms with Gasteiger partial charge in [0.1, 0.15) is 0 Å². The van der Waals surface area contributed by atoms with Crippen molar-refractivity contribution in [1.82, 2.24) is 5.32 Å². The van der Waals surface area contributed by atoms with E-state index < -0.39 is 0 Å². The Bertz CT molecular complexity index is 396. The summed E-state index contributed by atoms with van der Waals surface area (Å²) in [5.41, 5.74) is 1.02. The fourth-order valence-corrected chi connectivity index (χ4v) is 2.02. The number of halogens is 1. The molecule has 1 amide bonds. The third kappa shape index (κ3) is 7.51. The molecule has 0 fully saturated rings. The Morgan fingerprint density at radius 2 is 2.00 bits per heavy atom. The average molecular weight is 298 g/mol. The molecule has 0 unspecified atom stereocenters. The van der Waals surface area contributed by atoms with Gasteiger partial charge in [-0.2, -0.15) is 0 Å². The molecule has 0 atom stereocenters. The zero-order chi connectivity index (χ0) is 14.6. The van der Waals surface area contributed by atoms with Crippen molar-refractivity contribution in [3.63, 3.8) is 0 Å². The quantitative estimate of drug-likeness (QED) is 0.670. The van der Waals surface area contributed by atoms with Crippen molar-refractivity contribution in [3.8, 4) is 0 Å². The Kier molecular flexibility index (Phi) is 9.09. The van der Waals surface area contributed by atoms with Crippen LogP contribution >= 0.6 is 11.6 Å². The van der Waals surface area contributed by atoms with Gasteiger partial charge in [-0.1, -0.05) is 43.1 Å². The zero-order valence-electron chi connectivity index (χ0n) is 12.2. The normalized spacial score (nSPS) is 10.5. The summed E-state index contributed by atoms with van der Waals surface area (Å²) in [6.07, 6.45) is 4.27. The highest BCUT2D eigenvalue weighted by Gasteiger charge is 2.04. The maximum absolute atomic E-state index is 11.7. The van der Waals surface area contributed by atoms with Crippen LogP contribution in [-0.2, 0) is 16.0 Å². The van der Waals surface area contributed by atoms with Crippen LogP contribution in [0.3, 0.4) is 0 Å². The number of rotatable bonds is 10. The van der Waals surface area contributed by atoms with Crippen LogP contribution in [0.4, 0.5) is 0 Å². The Morgan fingerprint density at radius 3 is 2.75 bits per heavy atom. The lowest BCUT2D eigenvalue weighted by molar-refractivity contribution is -0.121. The molecule has 0 aromatic heterocycles. The molecular weight excluding hydrogens is 274 g/mol. The van der Waals surface area contributed by atoms with E-state index in [1.807, 2.05) is 24.3 Å². The van der Waals surface area contributed by atoms with Crippen LogP contribution in [0, 0.1) is 0 Å². The first-order chi connectivity index (χ1) is 9.74. The van der Waals surface area contributed by atoms with Crippen molar-refractivity contribution >= 4 is 17.5 Å². The van der Waals surface area contributed by atoms with E-state index in [1.165, 1.54) is 0 Å². The monoisotopic (exact) mass is 297 g/mol. The minimum atomic E-state index is 0.0680. The van der Waals surface area contributed by atoms with Crippen molar-refractivity contribution in [2.45, 2.75) is 39.0 Å². The molecule has 0 radical (unpaired) electrons. The van der Waals surface area contributed by atoms with Gasteiger partial charge in [0.2, 0.25) is 5.91 Å². The van der Waals surface area contributed by atoms with Crippen LogP contribution in [0.25, 0.3) is 0 Å². The summed E-state index contributed by atoms with van der Waals surface area (Å²) in [5, 5.41) is 3.63. The molecule has 3 nitrogen and oxygen atoms in total. The minimum absolute atomic E-state index is 0.0680. The zero-order valence-corrected chi connectivity index (χ0v) is 12.9. The molecule has 112 valence electrons. The molecule has 0 aliphatic rings. The molecule has 0 heterocycles. The van der Waals surface area contributed by atoms with Crippen LogP contribution in [0.15, 0.2) is 24.3 Å². The Labute approximate surface area is 126 Å². The highest BCUT2D eigenvalue weighted by Crippen LogP contribution is 2.16. The molecule has 0 aliphatic heterocycles. The molecule has 0 saturated carbocycles. The molecule has 0 saturated heterocycles. The van der Waals surface area contributed by atoms with Gasteiger partial charge >= 0.3 is 0 Å². The van der Waals surface area contributed by atoms with Gasteiger partial charge in [-0.3, -0.25) is 4.79 Å². The van der Waals surface area contributed by atoms with Crippen molar-refractivity contribution in [3.05, 3.63) is 34.9 Å². The van der Waals surface area contributed by atoms with Gasteiger partial charge in [0.25, 0.3) is 0 Å². The first kappa shape index (κ1) is 17.0. The fourth-order valence-electron chi connectivity index (χ4n) is 1.79. The third-order valence-electron chi connectivity index (χ3n) is 3.01. The number of unbranched alkanes of at least 4 members (excludes halogenated alkanes) is 1. The van der Waals surface area contributed by atoms with E-state index in [-0.39, 0.29) is 5.91 Å². The number of hydrogen-bond donors (Lipinski definition) is 1. The second-order valence-electron chi connectivity index (χ2n) is 4.76. The third-order valence-corrected chi connectivity index (χ3v) is 3.38. The van der Waals surface area contributed by atoms with E-state index in [2.05, 4.69) is 12.2 Å². The lowest BCUT2D eigenvalue weighted by atomic mass is 10.1. The second-order valence-corrected chi connectivity index (χ2v) is 5.17. The number of carbonyl (C=O) groups is 1. The van der Waals surface area contributed by atoms with Gasteiger partial charge in [0, 0.05) is 31.2 Å². The standard InChI is InChI=1S/C16H24ClNO2/c1-2-3-12-20-13-6-11-18-16(19)10-9-14-7-4-5-8-15(14)17/h4-5,7-8H,2-3,6,9-13H2,1H3,(H,18,19). The van der Waals surface area contributed by atoms with Crippen LogP contribution in [0.1, 0.15) is 38.2 Å². The average Bonchev–Trinajstić information content (AvgIpc) is 2.45. The van der Waals surface area contributed by atoms with E-state index in [0.29, 0.717) is 26.0 Å². The number of ether oxygens (including phenoxy) is 1. The second kappa shape index (κ2) is 10.7. The highest BCUT2D eigenvalue weighted by atomic mass is 35.5. The lowest BCUT2D eigenvalue weighted by Crippen LogP contribution is -2.25. The van der Waals surface area contributed by atoms with E-state index in [0.717, 1.165) is 36.5 Å². The topological polar surface area (TPSA) is 38.3 Å². The number of amides is 1. The summed E-state index contributed by atoms with van der Waals surface area (Å²) in [4.78, 5) is 11.7. The Balaban J connectivity index is 2.05. The summed E-state index contributed by atoms with van der Waals surface area (Å²) in [6.45, 7) is 4.35. The molecule has 0 aliphatic carbocycles. The van der Waals surface area contributed by atoms with Gasteiger partial charge in [-0.25, -0.2) is 0 Å². The molecule has 1 rings (SSSR count). The van der Waals surface area contributed by atoms with Crippen molar-refractivity contribution in [1.29, 1.82) is 0 Å². The lowest BCUT2D eigenvalue weighted by Gasteiger charge is -2.07. The number of hydrogen-bond acceptors (Lipinski definition) is 2. The van der Waals surface area contributed by atoms with Gasteiger partial charge in [0.15, 0.2) is 0 Å². The first-order valence-electron chi connectivity index (χ1n) is 7.32. The molecule has 4 heteroatoms. The smallest absolute Gasteiger partial charge is 0.220 e. The maximum Gasteiger partial charge on any atom is 0.220 e. The van der Waals surface area contributed by atoms with Gasteiger partial charge in [0.05, 0.1) is 0 Å². The minimum Gasteiger partial charge on any atom is -0.381 e. The summed E-state index contributed by atoms with van der Waals surface area (Å²) in [5.74, 6) is 0.0680. The van der Waals surface area contributed by atoms with Crippen LogP contribution in [0.5, 0.6) is 0 Å². The Hall–Kier alpha value is -1.06. The summed E-state index contributed by atoms with van der Waals surface area (Å²) < 4.78 is 5.43. The predicted molar refractivity (Wildman–Crippen MR) is 83.1 cm³/mol. The number of carbonyl (C=O) groups excluding carboxylic acids is 1. The summed E-state index contributed by atoms with van der Waals surface area (Å²) >= 11 is 6.05. The summed E-state index contributed by atoms with van der Waals surface area (Å²) in [6, 6.07) is 7.64. The van der Waals surface area contributed by atoms with Crippen molar-refractivity contribution in [2.24, 2.45) is 0 Å². The van der Waals surface area contributed by atoms with E-state index >= 15 is 0 Å². The molecular formula is C16H24ClNO2.